The molecule has 1 aliphatic rings. The smallest absolute Gasteiger partial charge is 0.279 e. The van der Waals surface area contributed by atoms with Crippen molar-refractivity contribution in [2.45, 2.75) is 51.3 Å². The number of carbonyl (C=O) groups is 1. The number of aryl methyl sites for hydroxylation is 2. The lowest BCUT2D eigenvalue weighted by Crippen LogP contribution is -2.39. The Labute approximate surface area is 129 Å². The molecule has 1 N–H and O–H groups in total. The number of carbonyl (C=O) groups excluding carboxylic acids is 1. The van der Waals surface area contributed by atoms with E-state index in [1.54, 1.807) is 14.0 Å². The SMILES string of the molecule is CCS[C@H]1CC[C@@H](NC(=O)c2c(C)c(C)nn(C)c2=O)C1. The Kier molecular flexibility index (Phi) is 5.08. The number of aromatic nitrogens is 2. The lowest BCUT2D eigenvalue weighted by Gasteiger charge is -2.15. The van der Waals surface area contributed by atoms with E-state index in [1.165, 1.54) is 4.68 Å². The van der Waals surface area contributed by atoms with E-state index in [9.17, 15) is 9.59 Å². The number of thioether (sulfide) groups is 1. The van der Waals surface area contributed by atoms with Gasteiger partial charge in [-0.2, -0.15) is 16.9 Å². The third-order valence-corrected chi connectivity index (χ3v) is 5.31. The van der Waals surface area contributed by atoms with Crippen LogP contribution in [0.25, 0.3) is 0 Å². The van der Waals surface area contributed by atoms with Crippen LogP contribution in [-0.4, -0.2) is 32.7 Å². The molecule has 0 spiro atoms. The van der Waals surface area contributed by atoms with Gasteiger partial charge in [0.25, 0.3) is 11.5 Å². The van der Waals surface area contributed by atoms with Crippen LogP contribution < -0.4 is 10.9 Å². The fourth-order valence-electron chi connectivity index (χ4n) is 2.83. The monoisotopic (exact) mass is 309 g/mol. The molecule has 1 aromatic heterocycles. The molecule has 0 aromatic carbocycles. The van der Waals surface area contributed by atoms with E-state index in [0.717, 1.165) is 25.0 Å². The molecule has 0 saturated heterocycles. The van der Waals surface area contributed by atoms with E-state index in [-0.39, 0.29) is 23.1 Å². The van der Waals surface area contributed by atoms with E-state index in [1.807, 2.05) is 18.7 Å². The van der Waals surface area contributed by atoms with Crippen LogP contribution in [0.3, 0.4) is 0 Å². The van der Waals surface area contributed by atoms with Crippen molar-refractivity contribution in [2.75, 3.05) is 5.75 Å². The molecular weight excluding hydrogens is 286 g/mol. The molecule has 1 amide bonds. The van der Waals surface area contributed by atoms with Gasteiger partial charge in [-0.15, -0.1) is 0 Å². The highest BCUT2D eigenvalue weighted by molar-refractivity contribution is 7.99. The second-order valence-electron chi connectivity index (χ2n) is 5.57. The minimum atomic E-state index is -0.326. The Hall–Kier alpha value is -1.30. The lowest BCUT2D eigenvalue weighted by molar-refractivity contribution is 0.0934. The maximum atomic E-state index is 12.5. The molecule has 2 rings (SSSR count). The van der Waals surface area contributed by atoms with E-state index in [4.69, 9.17) is 0 Å². The molecule has 21 heavy (non-hydrogen) atoms. The highest BCUT2D eigenvalue weighted by atomic mass is 32.2. The van der Waals surface area contributed by atoms with E-state index < -0.39 is 0 Å². The number of nitrogens with one attached hydrogen (secondary N) is 1. The van der Waals surface area contributed by atoms with Crippen LogP contribution in [0, 0.1) is 13.8 Å². The van der Waals surface area contributed by atoms with Crippen molar-refractivity contribution in [1.82, 2.24) is 15.1 Å². The van der Waals surface area contributed by atoms with Gasteiger partial charge in [0.05, 0.1) is 5.69 Å². The van der Waals surface area contributed by atoms with Crippen molar-refractivity contribution in [1.29, 1.82) is 0 Å². The Morgan fingerprint density at radius 2 is 2.14 bits per heavy atom. The Morgan fingerprint density at radius 1 is 1.43 bits per heavy atom. The molecule has 5 nitrogen and oxygen atoms in total. The molecule has 0 radical (unpaired) electrons. The third-order valence-electron chi connectivity index (χ3n) is 4.07. The third kappa shape index (κ3) is 3.48. The van der Waals surface area contributed by atoms with Gasteiger partial charge in [0.15, 0.2) is 0 Å². The van der Waals surface area contributed by atoms with Crippen LogP contribution in [0.2, 0.25) is 0 Å². The zero-order valence-corrected chi connectivity index (χ0v) is 13.9. The fraction of sp³-hybridized carbons (Fsp3) is 0.667. The predicted molar refractivity (Wildman–Crippen MR) is 86.0 cm³/mol. The molecule has 1 fully saturated rings. The molecule has 1 saturated carbocycles. The van der Waals surface area contributed by atoms with Crippen molar-refractivity contribution in [3.05, 3.63) is 27.2 Å². The molecule has 116 valence electrons. The maximum absolute atomic E-state index is 12.5. The summed E-state index contributed by atoms with van der Waals surface area (Å²) >= 11 is 1.95. The maximum Gasteiger partial charge on any atom is 0.279 e. The van der Waals surface area contributed by atoms with Crippen molar-refractivity contribution in [3.8, 4) is 0 Å². The summed E-state index contributed by atoms with van der Waals surface area (Å²) in [6.45, 7) is 5.75. The minimum absolute atomic E-state index is 0.180. The van der Waals surface area contributed by atoms with E-state index in [2.05, 4.69) is 17.3 Å². The van der Waals surface area contributed by atoms with Crippen LogP contribution >= 0.6 is 11.8 Å². The van der Waals surface area contributed by atoms with Crippen molar-refractivity contribution < 1.29 is 4.79 Å². The van der Waals surface area contributed by atoms with Crippen LogP contribution in [0.1, 0.15) is 47.8 Å². The number of hydrogen-bond donors (Lipinski definition) is 1. The van der Waals surface area contributed by atoms with Gasteiger partial charge >= 0.3 is 0 Å². The normalized spacial score (nSPS) is 21.5. The summed E-state index contributed by atoms with van der Waals surface area (Å²) in [6.07, 6.45) is 3.12. The largest absolute Gasteiger partial charge is 0.349 e. The average Bonchev–Trinajstić information content (AvgIpc) is 2.84. The average molecular weight is 309 g/mol. The first-order valence-electron chi connectivity index (χ1n) is 7.41. The molecule has 1 heterocycles. The molecular formula is C15H23N3O2S. The molecule has 2 atom stereocenters. The quantitative estimate of drug-likeness (QED) is 0.921. The highest BCUT2D eigenvalue weighted by Crippen LogP contribution is 2.29. The summed E-state index contributed by atoms with van der Waals surface area (Å²) in [6, 6.07) is 0.180. The minimum Gasteiger partial charge on any atom is -0.349 e. The Balaban J connectivity index is 2.13. The lowest BCUT2D eigenvalue weighted by atomic mass is 10.1. The number of nitrogens with zero attached hydrogens (tertiary/aromatic N) is 2. The van der Waals surface area contributed by atoms with Crippen LogP contribution in [0.4, 0.5) is 0 Å². The zero-order valence-electron chi connectivity index (χ0n) is 13.1. The first kappa shape index (κ1) is 16.1. The van der Waals surface area contributed by atoms with Crippen molar-refractivity contribution in [2.24, 2.45) is 7.05 Å². The van der Waals surface area contributed by atoms with Crippen LogP contribution in [0.15, 0.2) is 4.79 Å². The second kappa shape index (κ2) is 6.64. The highest BCUT2D eigenvalue weighted by Gasteiger charge is 2.27. The Bertz CT molecular complexity index is 597. The summed E-state index contributed by atoms with van der Waals surface area (Å²) in [4.78, 5) is 24.6. The molecule has 0 aliphatic heterocycles. The molecule has 1 aliphatic carbocycles. The van der Waals surface area contributed by atoms with Gasteiger partial charge in [0.1, 0.15) is 5.56 Å². The first-order valence-corrected chi connectivity index (χ1v) is 8.45. The van der Waals surface area contributed by atoms with Gasteiger partial charge in [-0.3, -0.25) is 9.59 Å². The van der Waals surface area contributed by atoms with Gasteiger partial charge in [-0.05, 0) is 44.4 Å². The second-order valence-corrected chi connectivity index (χ2v) is 7.15. The molecule has 1 aromatic rings. The van der Waals surface area contributed by atoms with Crippen LogP contribution in [0.5, 0.6) is 0 Å². The first-order chi connectivity index (χ1) is 9.93. The van der Waals surface area contributed by atoms with Crippen molar-refractivity contribution in [3.63, 3.8) is 0 Å². The van der Waals surface area contributed by atoms with Gasteiger partial charge in [0, 0.05) is 18.3 Å². The van der Waals surface area contributed by atoms with Gasteiger partial charge in [0.2, 0.25) is 0 Å². The van der Waals surface area contributed by atoms with E-state index in [0.29, 0.717) is 16.5 Å². The van der Waals surface area contributed by atoms with Gasteiger partial charge in [-0.1, -0.05) is 6.92 Å². The molecule has 0 unspecified atom stereocenters. The summed E-state index contributed by atoms with van der Waals surface area (Å²) < 4.78 is 1.24. The number of hydrogen-bond acceptors (Lipinski definition) is 4. The van der Waals surface area contributed by atoms with Gasteiger partial charge < -0.3 is 5.32 Å². The topological polar surface area (TPSA) is 64.0 Å². The Morgan fingerprint density at radius 3 is 2.81 bits per heavy atom. The number of amides is 1. The predicted octanol–water partition coefficient (Wildman–Crippen LogP) is 1.80. The zero-order chi connectivity index (χ0) is 15.6. The van der Waals surface area contributed by atoms with Crippen LogP contribution in [-0.2, 0) is 7.05 Å². The summed E-state index contributed by atoms with van der Waals surface area (Å²) in [5.41, 5.74) is 1.30. The molecule has 6 heteroatoms. The fourth-order valence-corrected chi connectivity index (χ4v) is 3.97. The molecule has 0 bridgehead atoms. The van der Waals surface area contributed by atoms with E-state index >= 15 is 0 Å². The summed E-state index contributed by atoms with van der Waals surface area (Å²) in [5, 5.41) is 7.76. The van der Waals surface area contributed by atoms with Crippen molar-refractivity contribution >= 4 is 17.7 Å². The standard InChI is InChI=1S/C15H23N3O2S/c1-5-21-12-7-6-11(8-12)16-14(19)13-9(2)10(3)17-18(4)15(13)20/h11-12H,5-8H2,1-4H3,(H,16,19)/t11-,12+/m1/s1. The summed E-state index contributed by atoms with van der Waals surface area (Å²) in [7, 11) is 1.58. The summed E-state index contributed by atoms with van der Waals surface area (Å²) in [5.74, 6) is 0.847. The number of rotatable bonds is 4. The van der Waals surface area contributed by atoms with Gasteiger partial charge in [-0.25, -0.2) is 4.68 Å².